The van der Waals surface area contributed by atoms with E-state index < -0.39 is 5.91 Å². The monoisotopic (exact) mass is 375 g/mol. The third-order valence-corrected chi connectivity index (χ3v) is 4.85. The highest BCUT2D eigenvalue weighted by Crippen LogP contribution is 2.30. The first kappa shape index (κ1) is 17.9. The summed E-state index contributed by atoms with van der Waals surface area (Å²) in [5.74, 6) is -0.429. The van der Waals surface area contributed by atoms with Gasteiger partial charge >= 0.3 is 0 Å². The molecule has 1 heterocycles. The van der Waals surface area contributed by atoms with Gasteiger partial charge in [-0.1, -0.05) is 24.3 Å². The number of nitrogens with zero attached hydrogens (tertiary/aromatic N) is 4. The van der Waals surface area contributed by atoms with Crippen molar-refractivity contribution in [3.63, 3.8) is 0 Å². The van der Waals surface area contributed by atoms with E-state index in [1.165, 1.54) is 6.33 Å². The summed E-state index contributed by atoms with van der Waals surface area (Å²) < 4.78 is 1.74. The maximum Gasteiger partial charge on any atom is 0.254 e. The van der Waals surface area contributed by atoms with Gasteiger partial charge in [-0.3, -0.25) is 9.59 Å². The number of nitrogens with two attached hydrogens (primary N) is 1. The van der Waals surface area contributed by atoms with Gasteiger partial charge in [-0.05, 0) is 48.2 Å². The predicted octanol–water partition coefficient (Wildman–Crippen LogP) is 2.23. The van der Waals surface area contributed by atoms with Gasteiger partial charge in [0.2, 0.25) is 5.91 Å². The van der Waals surface area contributed by atoms with Crippen molar-refractivity contribution >= 4 is 11.8 Å². The van der Waals surface area contributed by atoms with Gasteiger partial charge in [0.25, 0.3) is 5.91 Å². The van der Waals surface area contributed by atoms with Crippen LogP contribution in [0.5, 0.6) is 0 Å². The smallest absolute Gasteiger partial charge is 0.254 e. The SMILES string of the molecule is NC(=O)c1ccc(CN(C(=O)c2ccc(Cn3cncn3)cc2)C2CC2)cc1. The van der Waals surface area contributed by atoms with Crippen molar-refractivity contribution in [3.8, 4) is 0 Å². The largest absolute Gasteiger partial charge is 0.366 e. The van der Waals surface area contributed by atoms with Crippen molar-refractivity contribution in [2.75, 3.05) is 0 Å². The molecule has 1 aliphatic carbocycles. The zero-order valence-corrected chi connectivity index (χ0v) is 15.4. The van der Waals surface area contributed by atoms with E-state index in [0.29, 0.717) is 24.2 Å². The normalized spacial score (nSPS) is 13.3. The minimum Gasteiger partial charge on any atom is -0.366 e. The number of hydrogen-bond donors (Lipinski definition) is 1. The van der Waals surface area contributed by atoms with E-state index in [-0.39, 0.29) is 11.9 Å². The number of carbonyl (C=O) groups is 2. The van der Waals surface area contributed by atoms with E-state index in [9.17, 15) is 9.59 Å². The van der Waals surface area contributed by atoms with Crippen molar-refractivity contribution < 1.29 is 9.59 Å². The van der Waals surface area contributed by atoms with Crippen LogP contribution in [0.1, 0.15) is 44.7 Å². The van der Waals surface area contributed by atoms with E-state index in [4.69, 9.17) is 5.73 Å². The number of aromatic nitrogens is 3. The summed E-state index contributed by atoms with van der Waals surface area (Å²) in [7, 11) is 0. The summed E-state index contributed by atoms with van der Waals surface area (Å²) in [6.07, 6.45) is 5.21. The van der Waals surface area contributed by atoms with E-state index in [0.717, 1.165) is 24.0 Å². The Labute approximate surface area is 162 Å². The molecule has 0 radical (unpaired) electrons. The van der Waals surface area contributed by atoms with Crippen molar-refractivity contribution in [2.45, 2.75) is 32.0 Å². The highest BCUT2D eigenvalue weighted by molar-refractivity contribution is 5.95. The molecule has 1 aromatic heterocycles. The zero-order valence-electron chi connectivity index (χ0n) is 15.4. The summed E-state index contributed by atoms with van der Waals surface area (Å²) in [5.41, 5.74) is 8.46. The van der Waals surface area contributed by atoms with E-state index in [2.05, 4.69) is 10.1 Å². The highest BCUT2D eigenvalue weighted by Gasteiger charge is 2.33. The molecule has 0 atom stereocenters. The van der Waals surface area contributed by atoms with Crippen LogP contribution in [0.3, 0.4) is 0 Å². The Balaban J connectivity index is 1.46. The first-order valence-corrected chi connectivity index (χ1v) is 9.21. The van der Waals surface area contributed by atoms with Crippen LogP contribution in [-0.2, 0) is 13.1 Å². The summed E-state index contributed by atoms with van der Waals surface area (Å²) in [6.45, 7) is 1.14. The number of hydrogen-bond acceptors (Lipinski definition) is 4. The first-order chi connectivity index (χ1) is 13.6. The molecule has 1 fully saturated rings. The van der Waals surface area contributed by atoms with Crippen molar-refractivity contribution in [1.29, 1.82) is 0 Å². The molecule has 4 rings (SSSR count). The molecule has 0 saturated heterocycles. The fraction of sp³-hybridized carbons (Fsp3) is 0.238. The van der Waals surface area contributed by atoms with Gasteiger partial charge in [-0.15, -0.1) is 0 Å². The fourth-order valence-electron chi connectivity index (χ4n) is 3.14. The van der Waals surface area contributed by atoms with Gasteiger partial charge in [0.1, 0.15) is 12.7 Å². The van der Waals surface area contributed by atoms with Gasteiger partial charge in [0, 0.05) is 23.7 Å². The van der Waals surface area contributed by atoms with Crippen LogP contribution in [0.2, 0.25) is 0 Å². The Kier molecular flexibility index (Phi) is 4.89. The molecule has 2 N–H and O–H groups in total. The second kappa shape index (κ2) is 7.64. The van der Waals surface area contributed by atoms with Gasteiger partial charge in [-0.2, -0.15) is 5.10 Å². The minimum absolute atomic E-state index is 0.0220. The molecule has 0 unspecified atom stereocenters. The third-order valence-electron chi connectivity index (χ3n) is 4.85. The van der Waals surface area contributed by atoms with Crippen molar-refractivity contribution in [3.05, 3.63) is 83.4 Å². The molecular weight excluding hydrogens is 354 g/mol. The van der Waals surface area contributed by atoms with Crippen molar-refractivity contribution in [1.82, 2.24) is 19.7 Å². The molecule has 142 valence electrons. The number of carbonyl (C=O) groups excluding carboxylic acids is 2. The minimum atomic E-state index is -0.451. The van der Waals surface area contributed by atoms with Gasteiger partial charge in [-0.25, -0.2) is 9.67 Å². The van der Waals surface area contributed by atoms with Crippen molar-refractivity contribution in [2.24, 2.45) is 5.73 Å². The zero-order chi connectivity index (χ0) is 19.5. The molecule has 3 aromatic rings. The Hall–Kier alpha value is -3.48. The molecule has 0 spiro atoms. The first-order valence-electron chi connectivity index (χ1n) is 9.21. The summed E-state index contributed by atoms with van der Waals surface area (Å²) in [5, 5.41) is 4.09. The predicted molar refractivity (Wildman–Crippen MR) is 103 cm³/mol. The molecule has 0 aliphatic heterocycles. The number of rotatable bonds is 7. The Morgan fingerprint density at radius 1 is 1.00 bits per heavy atom. The number of benzene rings is 2. The lowest BCUT2D eigenvalue weighted by Gasteiger charge is -2.23. The molecule has 7 heteroatoms. The Bertz CT molecular complexity index is 961. The molecule has 1 aliphatic rings. The third kappa shape index (κ3) is 4.09. The van der Waals surface area contributed by atoms with Crippen LogP contribution >= 0.6 is 0 Å². The lowest BCUT2D eigenvalue weighted by Crippen LogP contribution is -2.32. The standard InChI is InChI=1S/C21H21N5O2/c22-20(27)17-5-1-16(2-6-17)12-26(19-9-10-19)21(28)18-7-3-15(4-8-18)11-25-14-23-13-24-25/h1-8,13-14,19H,9-12H2,(H2,22,27). The van der Waals surface area contributed by atoms with Crippen LogP contribution in [-0.4, -0.2) is 37.5 Å². The van der Waals surface area contributed by atoms with Crippen LogP contribution in [0.15, 0.2) is 61.2 Å². The van der Waals surface area contributed by atoms with E-state index in [1.54, 1.807) is 23.1 Å². The van der Waals surface area contributed by atoms with Gasteiger partial charge < -0.3 is 10.6 Å². The molecular formula is C21H21N5O2. The average molecular weight is 375 g/mol. The summed E-state index contributed by atoms with van der Waals surface area (Å²) in [6, 6.07) is 15.0. The fourth-order valence-corrected chi connectivity index (χ4v) is 3.14. The maximum absolute atomic E-state index is 13.1. The van der Waals surface area contributed by atoms with Crippen LogP contribution in [0.4, 0.5) is 0 Å². The van der Waals surface area contributed by atoms with Crippen LogP contribution in [0.25, 0.3) is 0 Å². The number of amides is 2. The molecule has 2 aromatic carbocycles. The molecule has 0 bridgehead atoms. The molecule has 7 nitrogen and oxygen atoms in total. The number of primary amides is 1. The lowest BCUT2D eigenvalue weighted by molar-refractivity contribution is 0.0729. The molecule has 28 heavy (non-hydrogen) atoms. The van der Waals surface area contributed by atoms with E-state index >= 15 is 0 Å². The van der Waals surface area contributed by atoms with Gasteiger partial charge in [0.15, 0.2) is 0 Å². The quantitative estimate of drug-likeness (QED) is 0.685. The Morgan fingerprint density at radius 2 is 1.64 bits per heavy atom. The molecule has 1 saturated carbocycles. The average Bonchev–Trinajstić information content (AvgIpc) is 3.43. The van der Waals surface area contributed by atoms with Crippen LogP contribution < -0.4 is 5.73 Å². The van der Waals surface area contributed by atoms with Crippen LogP contribution in [0, 0.1) is 0 Å². The van der Waals surface area contributed by atoms with E-state index in [1.807, 2.05) is 41.3 Å². The highest BCUT2D eigenvalue weighted by atomic mass is 16.2. The lowest BCUT2D eigenvalue weighted by atomic mass is 10.1. The summed E-state index contributed by atoms with van der Waals surface area (Å²) >= 11 is 0. The maximum atomic E-state index is 13.1. The topological polar surface area (TPSA) is 94.1 Å². The second-order valence-electron chi connectivity index (χ2n) is 7.02. The molecule has 2 amide bonds. The Morgan fingerprint density at radius 3 is 2.21 bits per heavy atom. The summed E-state index contributed by atoms with van der Waals surface area (Å²) in [4.78, 5) is 30.1. The second-order valence-corrected chi connectivity index (χ2v) is 7.02. The van der Waals surface area contributed by atoms with Gasteiger partial charge in [0.05, 0.1) is 6.54 Å².